The molecule has 0 bridgehead atoms. The largest absolute Gasteiger partial charge is 0.350 e. The maximum Gasteiger partial charge on any atom is 0.315 e. The highest BCUT2D eigenvalue weighted by molar-refractivity contribution is 5.74. The van der Waals surface area contributed by atoms with Gasteiger partial charge in [0, 0.05) is 37.7 Å². The molecule has 2 atom stereocenters. The first-order valence-corrected chi connectivity index (χ1v) is 8.40. The molecule has 0 radical (unpaired) electrons. The lowest BCUT2D eigenvalue weighted by Crippen LogP contribution is -2.51. The van der Waals surface area contributed by atoms with Crippen molar-refractivity contribution in [3.05, 3.63) is 52.8 Å². The Morgan fingerprint density at radius 1 is 1.36 bits per heavy atom. The van der Waals surface area contributed by atoms with Crippen LogP contribution in [0.2, 0.25) is 0 Å². The minimum absolute atomic E-state index is 0.0360. The van der Waals surface area contributed by atoms with Gasteiger partial charge < -0.3 is 20.5 Å². The molecule has 0 saturated carbocycles. The Bertz CT molecular complexity index is 763. The van der Waals surface area contributed by atoms with E-state index in [0.717, 1.165) is 25.1 Å². The van der Waals surface area contributed by atoms with Gasteiger partial charge in [-0.2, -0.15) is 0 Å². The number of carbonyl (C=O) groups excluding carboxylic acids is 1. The molecule has 1 fully saturated rings. The molecule has 8 heteroatoms. The van der Waals surface area contributed by atoms with Crippen LogP contribution in [0.3, 0.4) is 0 Å². The number of carbonyl (C=O) groups is 1. The fourth-order valence-corrected chi connectivity index (χ4v) is 2.99. The summed E-state index contributed by atoms with van der Waals surface area (Å²) in [6, 6.07) is 5.15. The van der Waals surface area contributed by atoms with Crippen LogP contribution >= 0.6 is 0 Å². The van der Waals surface area contributed by atoms with Gasteiger partial charge in [0.05, 0.1) is 11.7 Å². The number of H-pyrrole nitrogens is 1. The molecule has 8 nitrogen and oxygen atoms in total. The van der Waals surface area contributed by atoms with Crippen molar-refractivity contribution in [1.82, 2.24) is 25.6 Å². The van der Waals surface area contributed by atoms with Gasteiger partial charge in [-0.3, -0.25) is 9.78 Å². The summed E-state index contributed by atoms with van der Waals surface area (Å²) < 4.78 is 0. The van der Waals surface area contributed by atoms with E-state index in [4.69, 9.17) is 0 Å². The molecule has 0 spiro atoms. The van der Waals surface area contributed by atoms with Crippen molar-refractivity contribution in [3.8, 4) is 0 Å². The summed E-state index contributed by atoms with van der Waals surface area (Å²) in [7, 11) is 0. The van der Waals surface area contributed by atoms with E-state index in [-0.39, 0.29) is 23.7 Å². The fourth-order valence-electron chi connectivity index (χ4n) is 2.99. The first-order chi connectivity index (χ1) is 12.1. The number of rotatable bonds is 4. The zero-order valence-corrected chi connectivity index (χ0v) is 14.1. The highest BCUT2D eigenvalue weighted by atomic mass is 16.2. The molecule has 1 aliphatic rings. The van der Waals surface area contributed by atoms with Gasteiger partial charge in [0.1, 0.15) is 0 Å². The first-order valence-electron chi connectivity index (χ1n) is 8.40. The van der Waals surface area contributed by atoms with Gasteiger partial charge in [-0.15, -0.1) is 0 Å². The first kappa shape index (κ1) is 16.9. The summed E-state index contributed by atoms with van der Waals surface area (Å²) in [6.45, 7) is 3.21. The zero-order chi connectivity index (χ0) is 17.6. The lowest BCUT2D eigenvalue weighted by molar-refractivity contribution is 0.232. The van der Waals surface area contributed by atoms with Gasteiger partial charge in [0.25, 0.3) is 5.56 Å². The number of anilines is 1. The van der Waals surface area contributed by atoms with Crippen LogP contribution in [0.25, 0.3) is 0 Å². The third-order valence-electron chi connectivity index (χ3n) is 4.22. The Labute approximate surface area is 145 Å². The van der Waals surface area contributed by atoms with Crippen molar-refractivity contribution in [2.24, 2.45) is 0 Å². The molecule has 3 N–H and O–H groups in total. The van der Waals surface area contributed by atoms with Gasteiger partial charge in [0.2, 0.25) is 0 Å². The molecule has 3 rings (SSSR count). The third kappa shape index (κ3) is 4.34. The molecule has 0 unspecified atom stereocenters. The van der Waals surface area contributed by atoms with Crippen molar-refractivity contribution in [2.45, 2.75) is 31.8 Å². The number of pyridine rings is 1. The van der Waals surface area contributed by atoms with Crippen LogP contribution in [0.15, 0.2) is 41.6 Å². The predicted molar refractivity (Wildman–Crippen MR) is 94.4 cm³/mol. The second kappa shape index (κ2) is 7.78. The number of amides is 2. The molecule has 0 aliphatic carbocycles. The summed E-state index contributed by atoms with van der Waals surface area (Å²) in [4.78, 5) is 37.1. The van der Waals surface area contributed by atoms with Crippen molar-refractivity contribution in [3.63, 3.8) is 0 Å². The molecule has 2 amide bonds. The smallest absolute Gasteiger partial charge is 0.315 e. The molecule has 1 saturated heterocycles. The van der Waals surface area contributed by atoms with Crippen LogP contribution in [-0.4, -0.2) is 40.1 Å². The van der Waals surface area contributed by atoms with E-state index in [1.165, 1.54) is 6.20 Å². The van der Waals surface area contributed by atoms with Crippen LogP contribution in [0.1, 0.15) is 31.5 Å². The van der Waals surface area contributed by atoms with E-state index in [2.05, 4.69) is 25.6 Å². The Balaban J connectivity index is 1.56. The number of aromatic nitrogens is 3. The molecule has 0 aromatic carbocycles. The van der Waals surface area contributed by atoms with Crippen molar-refractivity contribution >= 4 is 11.8 Å². The lowest BCUT2D eigenvalue weighted by Gasteiger charge is -2.33. The van der Waals surface area contributed by atoms with Gasteiger partial charge in [-0.1, -0.05) is 6.07 Å². The van der Waals surface area contributed by atoms with Crippen LogP contribution < -0.4 is 21.1 Å². The standard InChI is InChI=1S/C17H22N6O2/c1-12(14-6-2-3-7-18-14)21-17(25)22-13-5-4-10-23(11-13)15-16(24)20-9-8-19-15/h2-3,6-9,12-13H,4-5,10-11H2,1H3,(H,20,24)(H2,21,22,25)/t12-,13-/m0/s1. The summed E-state index contributed by atoms with van der Waals surface area (Å²) in [5.41, 5.74) is 0.597. The number of aromatic amines is 1. The molecule has 25 heavy (non-hydrogen) atoms. The molecule has 3 heterocycles. The molecule has 2 aromatic rings. The second-order valence-electron chi connectivity index (χ2n) is 6.12. The number of nitrogens with one attached hydrogen (secondary N) is 3. The summed E-state index contributed by atoms with van der Waals surface area (Å²) in [6.07, 6.45) is 6.53. The fraction of sp³-hybridized carbons (Fsp3) is 0.412. The summed E-state index contributed by atoms with van der Waals surface area (Å²) in [5, 5.41) is 5.87. The molecule has 132 valence electrons. The van der Waals surface area contributed by atoms with Gasteiger partial charge in [-0.25, -0.2) is 9.78 Å². The topological polar surface area (TPSA) is 103 Å². The highest BCUT2D eigenvalue weighted by Gasteiger charge is 2.24. The van der Waals surface area contributed by atoms with Crippen LogP contribution in [0, 0.1) is 0 Å². The van der Waals surface area contributed by atoms with E-state index in [9.17, 15) is 9.59 Å². The van der Waals surface area contributed by atoms with Gasteiger partial charge in [-0.05, 0) is 31.9 Å². The molecule has 1 aliphatic heterocycles. The Morgan fingerprint density at radius 2 is 2.24 bits per heavy atom. The van der Waals surface area contributed by atoms with Gasteiger partial charge >= 0.3 is 6.03 Å². The second-order valence-corrected chi connectivity index (χ2v) is 6.12. The van der Waals surface area contributed by atoms with Crippen LogP contribution in [0.5, 0.6) is 0 Å². The minimum Gasteiger partial charge on any atom is -0.350 e. The number of hydrogen-bond donors (Lipinski definition) is 3. The SMILES string of the molecule is C[C@H](NC(=O)N[C@H]1CCCN(c2ncc[nH]c2=O)C1)c1ccccn1. The summed E-state index contributed by atoms with van der Waals surface area (Å²) in [5.74, 6) is 0.399. The number of hydrogen-bond acceptors (Lipinski definition) is 5. The number of urea groups is 1. The zero-order valence-electron chi connectivity index (χ0n) is 14.1. The normalized spacial score (nSPS) is 18.4. The molecular formula is C17H22N6O2. The van der Waals surface area contributed by atoms with Crippen molar-refractivity contribution in [2.75, 3.05) is 18.0 Å². The van der Waals surface area contributed by atoms with Crippen LogP contribution in [0.4, 0.5) is 10.6 Å². The summed E-state index contributed by atoms with van der Waals surface area (Å²) >= 11 is 0. The molecular weight excluding hydrogens is 320 g/mol. The maximum absolute atomic E-state index is 12.3. The van der Waals surface area contributed by atoms with E-state index >= 15 is 0 Å². The quantitative estimate of drug-likeness (QED) is 0.774. The van der Waals surface area contributed by atoms with E-state index in [1.54, 1.807) is 12.4 Å². The predicted octanol–water partition coefficient (Wildman–Crippen LogP) is 1.19. The average molecular weight is 342 g/mol. The Kier molecular flexibility index (Phi) is 5.27. The maximum atomic E-state index is 12.3. The Hall–Kier alpha value is -2.90. The van der Waals surface area contributed by atoms with Gasteiger partial charge in [0.15, 0.2) is 5.82 Å². The lowest BCUT2D eigenvalue weighted by atomic mass is 10.1. The van der Waals surface area contributed by atoms with Crippen molar-refractivity contribution in [1.29, 1.82) is 0 Å². The monoisotopic (exact) mass is 342 g/mol. The van der Waals surface area contributed by atoms with E-state index in [0.29, 0.717) is 12.4 Å². The van der Waals surface area contributed by atoms with E-state index in [1.807, 2.05) is 30.0 Å². The van der Waals surface area contributed by atoms with Crippen LogP contribution in [-0.2, 0) is 0 Å². The van der Waals surface area contributed by atoms with Crippen molar-refractivity contribution < 1.29 is 4.79 Å². The number of piperidine rings is 1. The number of nitrogens with zero attached hydrogens (tertiary/aromatic N) is 3. The average Bonchev–Trinajstić information content (AvgIpc) is 2.63. The molecule has 2 aromatic heterocycles. The third-order valence-corrected chi connectivity index (χ3v) is 4.22. The van der Waals surface area contributed by atoms with E-state index < -0.39 is 0 Å². The Morgan fingerprint density at radius 3 is 3.00 bits per heavy atom. The highest BCUT2D eigenvalue weighted by Crippen LogP contribution is 2.14. The minimum atomic E-state index is -0.236.